The molecule has 0 aliphatic carbocycles. The molecule has 0 aliphatic rings. The molecule has 0 saturated heterocycles. The average Bonchev–Trinajstić information content (AvgIpc) is 3.25. The third kappa shape index (κ3) is 51.3. The van der Waals surface area contributed by atoms with Crippen LogP contribution in [0.2, 0.25) is 0 Å². The van der Waals surface area contributed by atoms with Gasteiger partial charge in [-0.25, -0.2) is 0 Å². The Morgan fingerprint density at radius 2 is 0.524 bits per heavy atom. The second-order valence-corrected chi connectivity index (χ2v) is 20.5. The van der Waals surface area contributed by atoms with Gasteiger partial charge in [-0.2, -0.15) is 0 Å². The van der Waals surface area contributed by atoms with Gasteiger partial charge >= 0.3 is 17.9 Å². The SMILES string of the molecule is CCCCCCCCCCCCCC(=O)O[C@@H](COC(=O)CCCCCCCCCCCCCCCCCC(C)C)COC(=O)CCCCCCCCCCCCCCCC(C)C. The lowest BCUT2D eigenvalue weighted by Gasteiger charge is -2.18. The second-order valence-electron chi connectivity index (χ2n) is 20.5. The first-order chi connectivity index (χ1) is 30.7. The minimum Gasteiger partial charge on any atom is -0.462 e. The molecule has 0 aliphatic heterocycles. The molecule has 0 heterocycles. The molecular weight excluding hydrogens is 781 g/mol. The maximum atomic E-state index is 12.8. The Morgan fingerprint density at radius 3 is 0.778 bits per heavy atom. The number of rotatable bonds is 51. The van der Waals surface area contributed by atoms with E-state index in [0.717, 1.165) is 69.6 Å². The van der Waals surface area contributed by atoms with E-state index in [4.69, 9.17) is 14.2 Å². The number of hydrogen-bond acceptors (Lipinski definition) is 6. The summed E-state index contributed by atoms with van der Waals surface area (Å²) in [5.41, 5.74) is 0. The minimum absolute atomic E-state index is 0.0628. The van der Waals surface area contributed by atoms with Gasteiger partial charge in [-0.15, -0.1) is 0 Å². The molecule has 0 saturated carbocycles. The lowest BCUT2D eigenvalue weighted by Crippen LogP contribution is -2.30. The molecule has 0 N–H and O–H groups in total. The van der Waals surface area contributed by atoms with Crippen LogP contribution in [0.5, 0.6) is 0 Å². The van der Waals surface area contributed by atoms with E-state index in [1.54, 1.807) is 0 Å². The molecule has 0 amide bonds. The number of unbranched alkanes of at least 4 members (excludes halogenated alkanes) is 36. The fourth-order valence-corrected chi connectivity index (χ4v) is 8.70. The van der Waals surface area contributed by atoms with Crippen molar-refractivity contribution in [3.05, 3.63) is 0 Å². The summed E-state index contributed by atoms with van der Waals surface area (Å²) >= 11 is 0. The van der Waals surface area contributed by atoms with Gasteiger partial charge in [0.15, 0.2) is 6.10 Å². The lowest BCUT2D eigenvalue weighted by atomic mass is 10.0. The number of esters is 3. The molecule has 0 radical (unpaired) electrons. The summed E-state index contributed by atoms with van der Waals surface area (Å²) in [5.74, 6) is 0.847. The van der Waals surface area contributed by atoms with Crippen LogP contribution in [0.25, 0.3) is 0 Å². The lowest BCUT2D eigenvalue weighted by molar-refractivity contribution is -0.167. The zero-order valence-electron chi connectivity index (χ0n) is 43.2. The summed E-state index contributed by atoms with van der Waals surface area (Å²) in [4.78, 5) is 38.1. The molecule has 1 atom stereocenters. The molecule has 0 bridgehead atoms. The maximum absolute atomic E-state index is 12.8. The molecule has 0 aromatic rings. The molecule has 6 nitrogen and oxygen atoms in total. The van der Waals surface area contributed by atoms with Crippen molar-refractivity contribution in [2.45, 2.75) is 323 Å². The van der Waals surface area contributed by atoms with Gasteiger partial charge in [-0.3, -0.25) is 14.4 Å². The van der Waals surface area contributed by atoms with Gasteiger partial charge in [0.1, 0.15) is 13.2 Å². The molecule has 0 rings (SSSR count). The van der Waals surface area contributed by atoms with Gasteiger partial charge < -0.3 is 14.2 Å². The van der Waals surface area contributed by atoms with E-state index in [1.807, 2.05) is 0 Å². The zero-order chi connectivity index (χ0) is 46.1. The van der Waals surface area contributed by atoms with Gasteiger partial charge in [0.05, 0.1) is 0 Å². The van der Waals surface area contributed by atoms with Crippen LogP contribution in [0.3, 0.4) is 0 Å². The van der Waals surface area contributed by atoms with Crippen molar-refractivity contribution in [3.8, 4) is 0 Å². The van der Waals surface area contributed by atoms with E-state index in [-0.39, 0.29) is 31.1 Å². The highest BCUT2D eigenvalue weighted by atomic mass is 16.6. The summed E-state index contributed by atoms with van der Waals surface area (Å²) in [6, 6.07) is 0. The van der Waals surface area contributed by atoms with E-state index < -0.39 is 6.10 Å². The van der Waals surface area contributed by atoms with E-state index in [0.29, 0.717) is 19.3 Å². The number of carbonyl (C=O) groups is 3. The third-order valence-electron chi connectivity index (χ3n) is 13.0. The molecule has 0 fully saturated rings. The van der Waals surface area contributed by atoms with E-state index >= 15 is 0 Å². The van der Waals surface area contributed by atoms with Crippen LogP contribution < -0.4 is 0 Å². The summed E-state index contributed by atoms with van der Waals surface area (Å²) in [6.07, 6.45) is 52.3. The van der Waals surface area contributed by atoms with Crippen molar-refractivity contribution in [2.24, 2.45) is 11.8 Å². The molecule has 0 unspecified atom stereocenters. The highest BCUT2D eigenvalue weighted by Crippen LogP contribution is 2.18. The van der Waals surface area contributed by atoms with Crippen LogP contribution >= 0.6 is 0 Å². The normalized spacial score (nSPS) is 12.0. The van der Waals surface area contributed by atoms with Gasteiger partial charge in [-0.05, 0) is 31.1 Å². The van der Waals surface area contributed by atoms with E-state index in [2.05, 4.69) is 34.6 Å². The summed E-state index contributed by atoms with van der Waals surface area (Å²) in [6.45, 7) is 11.4. The van der Waals surface area contributed by atoms with Gasteiger partial charge in [0.2, 0.25) is 0 Å². The zero-order valence-corrected chi connectivity index (χ0v) is 43.2. The topological polar surface area (TPSA) is 78.9 Å². The molecular formula is C57H110O6. The smallest absolute Gasteiger partial charge is 0.306 e. The van der Waals surface area contributed by atoms with Crippen LogP contribution in [0.4, 0.5) is 0 Å². The van der Waals surface area contributed by atoms with Gasteiger partial charge in [0.25, 0.3) is 0 Å². The molecule has 0 spiro atoms. The maximum Gasteiger partial charge on any atom is 0.306 e. The Balaban J connectivity index is 4.25. The highest BCUT2D eigenvalue weighted by Gasteiger charge is 2.19. The van der Waals surface area contributed by atoms with Crippen molar-refractivity contribution in [1.82, 2.24) is 0 Å². The molecule has 374 valence electrons. The molecule has 63 heavy (non-hydrogen) atoms. The fourth-order valence-electron chi connectivity index (χ4n) is 8.70. The average molecular weight is 892 g/mol. The van der Waals surface area contributed by atoms with Crippen LogP contribution in [-0.4, -0.2) is 37.2 Å². The van der Waals surface area contributed by atoms with Crippen molar-refractivity contribution in [2.75, 3.05) is 13.2 Å². The predicted octanol–water partition coefficient (Wildman–Crippen LogP) is 18.5. The first kappa shape index (κ1) is 61.4. The quantitative estimate of drug-likeness (QED) is 0.0344. The van der Waals surface area contributed by atoms with E-state index in [9.17, 15) is 14.4 Å². The largest absolute Gasteiger partial charge is 0.462 e. The number of carbonyl (C=O) groups excluding carboxylic acids is 3. The van der Waals surface area contributed by atoms with Crippen LogP contribution in [0.1, 0.15) is 317 Å². The number of ether oxygens (including phenoxy) is 3. The summed E-state index contributed by atoms with van der Waals surface area (Å²) in [7, 11) is 0. The first-order valence-corrected chi connectivity index (χ1v) is 28.2. The first-order valence-electron chi connectivity index (χ1n) is 28.2. The standard InChI is InChI=1S/C57H110O6/c1-6-7-8-9-10-11-20-29-34-39-44-49-57(60)63-54(51-62-56(59)48-43-38-33-28-24-19-15-17-22-26-31-36-41-46-53(4)5)50-61-55(58)47-42-37-32-27-23-18-14-12-13-16-21-25-30-35-40-45-52(2)3/h52-54H,6-51H2,1-5H3/t54-/m0/s1. The van der Waals surface area contributed by atoms with Crippen LogP contribution in [0, 0.1) is 11.8 Å². The Hall–Kier alpha value is -1.59. The van der Waals surface area contributed by atoms with Crippen molar-refractivity contribution in [3.63, 3.8) is 0 Å². The van der Waals surface area contributed by atoms with E-state index in [1.165, 1.54) is 205 Å². The van der Waals surface area contributed by atoms with Crippen LogP contribution in [-0.2, 0) is 28.6 Å². The third-order valence-corrected chi connectivity index (χ3v) is 13.0. The minimum atomic E-state index is -0.762. The summed E-state index contributed by atoms with van der Waals surface area (Å²) in [5, 5.41) is 0. The van der Waals surface area contributed by atoms with Gasteiger partial charge in [0, 0.05) is 19.3 Å². The molecule has 6 heteroatoms. The Labute approximate surface area is 393 Å². The fraction of sp³-hybridized carbons (Fsp3) is 0.947. The Morgan fingerprint density at radius 1 is 0.302 bits per heavy atom. The number of hydrogen-bond donors (Lipinski definition) is 0. The molecule has 0 aromatic carbocycles. The van der Waals surface area contributed by atoms with Gasteiger partial charge in [-0.1, -0.05) is 279 Å². The molecule has 0 aromatic heterocycles. The van der Waals surface area contributed by atoms with Crippen molar-refractivity contribution in [1.29, 1.82) is 0 Å². The van der Waals surface area contributed by atoms with Crippen molar-refractivity contribution < 1.29 is 28.6 Å². The second kappa shape index (κ2) is 49.8. The Kier molecular flexibility index (Phi) is 48.6. The predicted molar refractivity (Wildman–Crippen MR) is 270 cm³/mol. The van der Waals surface area contributed by atoms with Crippen molar-refractivity contribution >= 4 is 17.9 Å². The Bertz CT molecular complexity index is 962. The summed E-state index contributed by atoms with van der Waals surface area (Å²) < 4.78 is 16.9. The monoisotopic (exact) mass is 891 g/mol. The highest BCUT2D eigenvalue weighted by molar-refractivity contribution is 5.71. The van der Waals surface area contributed by atoms with Crippen LogP contribution in [0.15, 0.2) is 0 Å².